The van der Waals surface area contributed by atoms with Gasteiger partial charge in [-0.2, -0.15) is 0 Å². The van der Waals surface area contributed by atoms with Crippen LogP contribution in [-0.4, -0.2) is 19.0 Å². The van der Waals surface area contributed by atoms with Gasteiger partial charge in [0.15, 0.2) is 0 Å². The first-order valence-electron chi connectivity index (χ1n) is 5.35. The van der Waals surface area contributed by atoms with E-state index in [1.54, 1.807) is 0 Å². The molecule has 0 aromatic heterocycles. The molecule has 16 heavy (non-hydrogen) atoms. The maximum absolute atomic E-state index is 11.5. The van der Waals surface area contributed by atoms with Crippen molar-refractivity contribution in [2.24, 2.45) is 5.73 Å². The van der Waals surface area contributed by atoms with Gasteiger partial charge in [0, 0.05) is 18.7 Å². The van der Waals surface area contributed by atoms with Crippen LogP contribution in [0.1, 0.15) is 29.3 Å². The number of nitrogens with two attached hydrogens (primary N) is 1. The number of carbonyl (C=O) groups excluding carboxylic acids is 1. The van der Waals surface area contributed by atoms with Crippen molar-refractivity contribution in [1.29, 1.82) is 0 Å². The molecule has 1 aromatic carbocycles. The minimum atomic E-state index is -0.0523. The van der Waals surface area contributed by atoms with E-state index in [1.807, 2.05) is 24.3 Å². The van der Waals surface area contributed by atoms with E-state index >= 15 is 0 Å². The van der Waals surface area contributed by atoms with Gasteiger partial charge in [-0.3, -0.25) is 4.79 Å². The standard InChI is InChI=1S/C12H18N2O.ClH/c1-2-3-10-4-6-11(7-5-10)12(15)14-9-8-13;/h4-7H,2-3,8-9,13H2,1H3,(H,14,15);1H. The molecule has 0 unspecified atom stereocenters. The van der Waals surface area contributed by atoms with E-state index in [1.165, 1.54) is 5.56 Å². The molecule has 0 saturated heterocycles. The third-order valence-corrected chi connectivity index (χ3v) is 2.18. The maximum atomic E-state index is 11.5. The molecule has 0 spiro atoms. The molecule has 0 bridgehead atoms. The second-order valence-corrected chi connectivity index (χ2v) is 3.49. The van der Waals surface area contributed by atoms with Crippen molar-refractivity contribution < 1.29 is 4.79 Å². The molecule has 3 nitrogen and oxygen atoms in total. The highest BCUT2D eigenvalue weighted by Crippen LogP contribution is 2.06. The van der Waals surface area contributed by atoms with Crippen LogP contribution in [0.4, 0.5) is 0 Å². The Morgan fingerprint density at radius 3 is 2.44 bits per heavy atom. The zero-order valence-electron chi connectivity index (χ0n) is 9.53. The molecular formula is C12H19ClN2O. The highest BCUT2D eigenvalue weighted by atomic mass is 35.5. The number of aryl methyl sites for hydroxylation is 1. The van der Waals surface area contributed by atoms with Crippen LogP contribution in [0.15, 0.2) is 24.3 Å². The zero-order valence-corrected chi connectivity index (χ0v) is 10.3. The Bertz CT molecular complexity index is 311. The number of carbonyl (C=O) groups is 1. The van der Waals surface area contributed by atoms with E-state index in [0.29, 0.717) is 18.7 Å². The minimum absolute atomic E-state index is 0. The topological polar surface area (TPSA) is 55.1 Å². The Labute approximate surface area is 103 Å². The molecule has 1 rings (SSSR count). The summed E-state index contributed by atoms with van der Waals surface area (Å²) < 4.78 is 0. The van der Waals surface area contributed by atoms with E-state index in [2.05, 4.69) is 12.2 Å². The van der Waals surface area contributed by atoms with Gasteiger partial charge >= 0.3 is 0 Å². The van der Waals surface area contributed by atoms with Gasteiger partial charge in [-0.05, 0) is 24.1 Å². The summed E-state index contributed by atoms with van der Waals surface area (Å²) in [6, 6.07) is 7.72. The van der Waals surface area contributed by atoms with Crippen molar-refractivity contribution >= 4 is 18.3 Å². The van der Waals surface area contributed by atoms with Gasteiger partial charge in [0.05, 0.1) is 0 Å². The first-order valence-corrected chi connectivity index (χ1v) is 5.35. The van der Waals surface area contributed by atoms with Gasteiger partial charge in [-0.25, -0.2) is 0 Å². The number of benzene rings is 1. The van der Waals surface area contributed by atoms with Crippen LogP contribution >= 0.6 is 12.4 Å². The van der Waals surface area contributed by atoms with Gasteiger partial charge in [0.2, 0.25) is 0 Å². The lowest BCUT2D eigenvalue weighted by atomic mass is 10.1. The number of rotatable bonds is 5. The molecule has 0 fully saturated rings. The second kappa shape index (κ2) is 8.13. The fourth-order valence-corrected chi connectivity index (χ4v) is 1.40. The van der Waals surface area contributed by atoms with Crippen LogP contribution in [0.5, 0.6) is 0 Å². The average Bonchev–Trinajstić information content (AvgIpc) is 2.27. The number of amides is 1. The molecular weight excluding hydrogens is 224 g/mol. The van der Waals surface area contributed by atoms with Crippen molar-refractivity contribution in [1.82, 2.24) is 5.32 Å². The van der Waals surface area contributed by atoms with Gasteiger partial charge < -0.3 is 11.1 Å². The predicted molar refractivity (Wildman–Crippen MR) is 69.1 cm³/mol. The lowest BCUT2D eigenvalue weighted by molar-refractivity contribution is 0.0955. The first kappa shape index (κ1) is 14.9. The summed E-state index contributed by atoms with van der Waals surface area (Å²) >= 11 is 0. The second-order valence-electron chi connectivity index (χ2n) is 3.49. The Balaban J connectivity index is 0.00000225. The fraction of sp³-hybridized carbons (Fsp3) is 0.417. The quantitative estimate of drug-likeness (QED) is 0.827. The summed E-state index contributed by atoms with van der Waals surface area (Å²) in [5, 5.41) is 2.74. The van der Waals surface area contributed by atoms with E-state index in [0.717, 1.165) is 12.8 Å². The van der Waals surface area contributed by atoms with Crippen molar-refractivity contribution in [2.75, 3.05) is 13.1 Å². The molecule has 0 atom stereocenters. The minimum Gasteiger partial charge on any atom is -0.351 e. The Morgan fingerprint density at radius 2 is 1.94 bits per heavy atom. The van der Waals surface area contributed by atoms with Gasteiger partial charge in [-0.15, -0.1) is 12.4 Å². The lowest BCUT2D eigenvalue weighted by Crippen LogP contribution is -2.28. The van der Waals surface area contributed by atoms with Gasteiger partial charge in [0.25, 0.3) is 5.91 Å². The normalized spacial score (nSPS) is 9.38. The molecule has 0 heterocycles. The van der Waals surface area contributed by atoms with Crippen LogP contribution in [-0.2, 0) is 6.42 Å². The summed E-state index contributed by atoms with van der Waals surface area (Å²) in [7, 11) is 0. The first-order chi connectivity index (χ1) is 7.27. The maximum Gasteiger partial charge on any atom is 0.251 e. The SMILES string of the molecule is CCCc1ccc(C(=O)NCCN)cc1.Cl. The van der Waals surface area contributed by atoms with Crippen LogP contribution in [0.2, 0.25) is 0 Å². The highest BCUT2D eigenvalue weighted by molar-refractivity contribution is 5.94. The summed E-state index contributed by atoms with van der Waals surface area (Å²) in [6.45, 7) is 3.14. The predicted octanol–water partition coefficient (Wildman–Crippen LogP) is 1.75. The monoisotopic (exact) mass is 242 g/mol. The van der Waals surface area contributed by atoms with Gasteiger partial charge in [-0.1, -0.05) is 25.5 Å². The number of hydrogen-bond acceptors (Lipinski definition) is 2. The van der Waals surface area contributed by atoms with Crippen LogP contribution in [0.25, 0.3) is 0 Å². The van der Waals surface area contributed by atoms with E-state index < -0.39 is 0 Å². The molecule has 1 aromatic rings. The summed E-state index contributed by atoms with van der Waals surface area (Å²) in [4.78, 5) is 11.5. The molecule has 3 N–H and O–H groups in total. The van der Waals surface area contributed by atoms with Gasteiger partial charge in [0.1, 0.15) is 0 Å². The highest BCUT2D eigenvalue weighted by Gasteiger charge is 2.03. The smallest absolute Gasteiger partial charge is 0.251 e. The van der Waals surface area contributed by atoms with Crippen molar-refractivity contribution in [2.45, 2.75) is 19.8 Å². The molecule has 4 heteroatoms. The van der Waals surface area contributed by atoms with Crippen LogP contribution in [0, 0.1) is 0 Å². The number of halogens is 1. The molecule has 0 radical (unpaired) electrons. The Morgan fingerprint density at radius 1 is 1.31 bits per heavy atom. The molecule has 0 aliphatic carbocycles. The summed E-state index contributed by atoms with van der Waals surface area (Å²) in [5.74, 6) is -0.0523. The zero-order chi connectivity index (χ0) is 11.1. The van der Waals surface area contributed by atoms with Crippen LogP contribution < -0.4 is 11.1 Å². The molecule has 0 aliphatic heterocycles. The number of nitrogens with one attached hydrogen (secondary N) is 1. The van der Waals surface area contributed by atoms with Crippen molar-refractivity contribution in [3.8, 4) is 0 Å². The molecule has 1 amide bonds. The van der Waals surface area contributed by atoms with E-state index in [-0.39, 0.29) is 18.3 Å². The van der Waals surface area contributed by atoms with Crippen molar-refractivity contribution in [3.05, 3.63) is 35.4 Å². The van der Waals surface area contributed by atoms with E-state index in [9.17, 15) is 4.79 Å². The molecule has 0 aliphatic rings. The third kappa shape index (κ3) is 4.64. The van der Waals surface area contributed by atoms with E-state index in [4.69, 9.17) is 5.73 Å². The third-order valence-electron chi connectivity index (χ3n) is 2.18. The largest absolute Gasteiger partial charge is 0.351 e. The number of hydrogen-bond donors (Lipinski definition) is 2. The summed E-state index contributed by atoms with van der Waals surface area (Å²) in [6.07, 6.45) is 2.18. The lowest BCUT2D eigenvalue weighted by Gasteiger charge is -2.04. The average molecular weight is 243 g/mol. The molecule has 90 valence electrons. The Hall–Kier alpha value is -1.06. The fourth-order valence-electron chi connectivity index (χ4n) is 1.40. The molecule has 0 saturated carbocycles. The Kier molecular flexibility index (Phi) is 7.60. The summed E-state index contributed by atoms with van der Waals surface area (Å²) in [5.41, 5.74) is 7.27. The van der Waals surface area contributed by atoms with Crippen LogP contribution in [0.3, 0.4) is 0 Å². The van der Waals surface area contributed by atoms with Crippen molar-refractivity contribution in [3.63, 3.8) is 0 Å².